The van der Waals surface area contributed by atoms with E-state index in [9.17, 15) is 0 Å². The number of benzene rings is 1. The van der Waals surface area contributed by atoms with Gasteiger partial charge in [0, 0.05) is 12.2 Å². The molecule has 0 bridgehead atoms. The summed E-state index contributed by atoms with van der Waals surface area (Å²) in [5, 5.41) is 0. The molecule has 4 heteroatoms. The lowest BCUT2D eigenvalue weighted by atomic mass is 10.2. The summed E-state index contributed by atoms with van der Waals surface area (Å²) in [6, 6.07) is 8.39. The fourth-order valence-electron chi connectivity index (χ4n) is 1.72. The average molecular weight is 309 g/mol. The van der Waals surface area contributed by atoms with Gasteiger partial charge in [-0.1, -0.05) is 18.2 Å². The third-order valence-corrected chi connectivity index (χ3v) is 3.35. The Morgan fingerprint density at radius 1 is 1.33 bits per heavy atom. The minimum atomic E-state index is 0.388. The van der Waals surface area contributed by atoms with Crippen molar-refractivity contribution in [1.29, 1.82) is 0 Å². The van der Waals surface area contributed by atoms with Crippen molar-refractivity contribution in [3.63, 3.8) is 0 Å². The predicted octanol–water partition coefficient (Wildman–Crippen LogP) is 4.11. The van der Waals surface area contributed by atoms with Crippen molar-refractivity contribution in [2.45, 2.75) is 33.4 Å². The SMILES string of the molecule is Cc1ccccc1OCc1cn(C(C)C)c(Br)n1. The summed E-state index contributed by atoms with van der Waals surface area (Å²) in [6.45, 7) is 6.78. The Balaban J connectivity index is 2.07. The van der Waals surface area contributed by atoms with Gasteiger partial charge in [-0.15, -0.1) is 0 Å². The molecule has 0 saturated heterocycles. The zero-order chi connectivity index (χ0) is 13.1. The van der Waals surface area contributed by atoms with Crippen LogP contribution in [0.4, 0.5) is 0 Å². The average Bonchev–Trinajstić information content (AvgIpc) is 2.70. The molecule has 0 atom stereocenters. The lowest BCUT2D eigenvalue weighted by molar-refractivity contribution is 0.299. The van der Waals surface area contributed by atoms with Gasteiger partial charge < -0.3 is 9.30 Å². The molecule has 1 heterocycles. The van der Waals surface area contributed by atoms with Crippen LogP contribution in [0.5, 0.6) is 5.75 Å². The Bertz CT molecular complexity index is 534. The van der Waals surface area contributed by atoms with Crippen molar-refractivity contribution in [2.75, 3.05) is 0 Å². The molecule has 0 amide bonds. The number of imidazole rings is 1. The Labute approximate surface area is 116 Å². The van der Waals surface area contributed by atoms with E-state index in [1.807, 2.05) is 37.4 Å². The normalized spacial score (nSPS) is 10.9. The van der Waals surface area contributed by atoms with Crippen molar-refractivity contribution in [3.8, 4) is 5.75 Å². The molecule has 0 N–H and O–H groups in total. The molecule has 0 saturated carbocycles. The topological polar surface area (TPSA) is 27.1 Å². The van der Waals surface area contributed by atoms with Crippen LogP contribution in [-0.2, 0) is 6.61 Å². The number of rotatable bonds is 4. The van der Waals surface area contributed by atoms with Crippen LogP contribution in [0, 0.1) is 6.92 Å². The van der Waals surface area contributed by atoms with Gasteiger partial charge in [-0.25, -0.2) is 4.98 Å². The highest BCUT2D eigenvalue weighted by Gasteiger charge is 2.08. The molecule has 0 fully saturated rings. The van der Waals surface area contributed by atoms with E-state index in [2.05, 4.69) is 39.3 Å². The molecule has 0 unspecified atom stereocenters. The van der Waals surface area contributed by atoms with E-state index < -0.39 is 0 Å². The van der Waals surface area contributed by atoms with Crippen LogP contribution in [0.1, 0.15) is 31.1 Å². The summed E-state index contributed by atoms with van der Waals surface area (Å²) in [5.41, 5.74) is 2.07. The molecule has 0 aliphatic heterocycles. The molecule has 96 valence electrons. The number of hydrogen-bond donors (Lipinski definition) is 0. The second-order valence-electron chi connectivity index (χ2n) is 4.56. The summed E-state index contributed by atoms with van der Waals surface area (Å²) in [6.07, 6.45) is 2.02. The van der Waals surface area contributed by atoms with Gasteiger partial charge >= 0.3 is 0 Å². The van der Waals surface area contributed by atoms with Gasteiger partial charge in [-0.05, 0) is 48.3 Å². The molecule has 0 aliphatic rings. The number of aryl methyl sites for hydroxylation is 1. The maximum atomic E-state index is 5.77. The Kier molecular flexibility index (Phi) is 4.07. The highest BCUT2D eigenvalue weighted by molar-refractivity contribution is 9.10. The quantitative estimate of drug-likeness (QED) is 0.849. The third kappa shape index (κ3) is 2.93. The van der Waals surface area contributed by atoms with Crippen LogP contribution in [0.3, 0.4) is 0 Å². The van der Waals surface area contributed by atoms with E-state index in [1.54, 1.807) is 0 Å². The van der Waals surface area contributed by atoms with Gasteiger partial charge in [-0.3, -0.25) is 0 Å². The number of para-hydroxylation sites is 1. The van der Waals surface area contributed by atoms with Crippen LogP contribution in [-0.4, -0.2) is 9.55 Å². The van der Waals surface area contributed by atoms with Crippen LogP contribution in [0.2, 0.25) is 0 Å². The first-order valence-corrected chi connectivity index (χ1v) is 6.79. The molecular weight excluding hydrogens is 292 g/mol. The van der Waals surface area contributed by atoms with Crippen LogP contribution in [0.25, 0.3) is 0 Å². The molecule has 0 aliphatic carbocycles. The molecule has 18 heavy (non-hydrogen) atoms. The lowest BCUT2D eigenvalue weighted by Gasteiger charge is -2.07. The first-order valence-electron chi connectivity index (χ1n) is 5.99. The fourth-order valence-corrected chi connectivity index (χ4v) is 2.46. The molecule has 3 nitrogen and oxygen atoms in total. The summed E-state index contributed by atoms with van der Waals surface area (Å²) in [5.74, 6) is 0.910. The summed E-state index contributed by atoms with van der Waals surface area (Å²) in [7, 11) is 0. The number of nitrogens with zero attached hydrogens (tertiary/aromatic N) is 2. The zero-order valence-corrected chi connectivity index (χ0v) is 12.4. The van der Waals surface area contributed by atoms with Gasteiger partial charge in [-0.2, -0.15) is 0 Å². The molecule has 2 aromatic rings. The Morgan fingerprint density at radius 2 is 2.06 bits per heavy atom. The van der Waals surface area contributed by atoms with E-state index in [0.29, 0.717) is 12.6 Å². The highest BCUT2D eigenvalue weighted by atomic mass is 79.9. The van der Waals surface area contributed by atoms with Gasteiger partial charge in [0.05, 0.1) is 5.69 Å². The van der Waals surface area contributed by atoms with E-state index in [-0.39, 0.29) is 0 Å². The van der Waals surface area contributed by atoms with Crippen molar-refractivity contribution in [1.82, 2.24) is 9.55 Å². The van der Waals surface area contributed by atoms with Crippen molar-refractivity contribution in [2.24, 2.45) is 0 Å². The van der Waals surface area contributed by atoms with Gasteiger partial charge in [0.1, 0.15) is 12.4 Å². The maximum Gasteiger partial charge on any atom is 0.177 e. The van der Waals surface area contributed by atoms with Crippen LogP contribution < -0.4 is 4.74 Å². The standard InChI is InChI=1S/C14H17BrN2O/c1-10(2)17-8-12(16-14(17)15)9-18-13-7-5-4-6-11(13)3/h4-8,10H,9H2,1-3H3. The Morgan fingerprint density at radius 3 is 2.67 bits per heavy atom. The molecular formula is C14H17BrN2O. The van der Waals surface area contributed by atoms with Gasteiger partial charge in [0.25, 0.3) is 0 Å². The molecule has 2 rings (SSSR count). The summed E-state index contributed by atoms with van der Waals surface area (Å²) < 4.78 is 8.70. The van der Waals surface area contributed by atoms with Crippen molar-refractivity contribution < 1.29 is 4.74 Å². The predicted molar refractivity (Wildman–Crippen MR) is 75.8 cm³/mol. The van der Waals surface area contributed by atoms with Crippen LogP contribution >= 0.6 is 15.9 Å². The fraction of sp³-hybridized carbons (Fsp3) is 0.357. The number of ether oxygens (including phenoxy) is 1. The lowest BCUT2D eigenvalue weighted by Crippen LogP contribution is -1.99. The van der Waals surface area contributed by atoms with Crippen LogP contribution in [0.15, 0.2) is 35.2 Å². The van der Waals surface area contributed by atoms with Gasteiger partial charge in [0.2, 0.25) is 0 Å². The molecule has 1 aromatic heterocycles. The highest BCUT2D eigenvalue weighted by Crippen LogP contribution is 2.20. The number of halogens is 1. The molecule has 1 aromatic carbocycles. The Hall–Kier alpha value is -1.29. The number of hydrogen-bond acceptors (Lipinski definition) is 2. The molecule has 0 radical (unpaired) electrons. The largest absolute Gasteiger partial charge is 0.487 e. The second kappa shape index (κ2) is 5.57. The second-order valence-corrected chi connectivity index (χ2v) is 5.27. The smallest absolute Gasteiger partial charge is 0.177 e. The zero-order valence-electron chi connectivity index (χ0n) is 10.9. The minimum Gasteiger partial charge on any atom is -0.487 e. The first kappa shape index (κ1) is 13.1. The van der Waals surface area contributed by atoms with E-state index in [0.717, 1.165) is 21.7 Å². The first-order chi connectivity index (χ1) is 8.58. The van der Waals surface area contributed by atoms with E-state index >= 15 is 0 Å². The third-order valence-electron chi connectivity index (χ3n) is 2.76. The molecule has 0 spiro atoms. The summed E-state index contributed by atoms with van der Waals surface area (Å²) in [4.78, 5) is 4.43. The summed E-state index contributed by atoms with van der Waals surface area (Å²) >= 11 is 3.45. The van der Waals surface area contributed by atoms with Crippen molar-refractivity contribution >= 4 is 15.9 Å². The van der Waals surface area contributed by atoms with Crippen molar-refractivity contribution in [3.05, 3.63) is 46.5 Å². The monoisotopic (exact) mass is 308 g/mol. The minimum absolute atomic E-state index is 0.388. The number of aromatic nitrogens is 2. The van der Waals surface area contributed by atoms with E-state index in [1.165, 1.54) is 0 Å². The maximum absolute atomic E-state index is 5.77. The van der Waals surface area contributed by atoms with Gasteiger partial charge in [0.15, 0.2) is 4.73 Å². The van der Waals surface area contributed by atoms with E-state index in [4.69, 9.17) is 4.74 Å².